The van der Waals surface area contributed by atoms with Gasteiger partial charge in [0.25, 0.3) is 15.9 Å². The van der Waals surface area contributed by atoms with Crippen LogP contribution in [0.4, 0.5) is 5.69 Å². The van der Waals surface area contributed by atoms with Crippen LogP contribution < -0.4 is 14.5 Å². The molecule has 0 aromatic heterocycles. The molecule has 9 heteroatoms. The number of ether oxygens (including phenoxy) is 1. The van der Waals surface area contributed by atoms with E-state index >= 15 is 0 Å². The van der Waals surface area contributed by atoms with Gasteiger partial charge in [-0.05, 0) is 54.1 Å². The van der Waals surface area contributed by atoms with E-state index in [1.54, 1.807) is 66.7 Å². The Balaban J connectivity index is 1.81. The molecule has 7 nitrogen and oxygen atoms in total. The molecule has 0 aliphatic carbocycles. The first-order valence-corrected chi connectivity index (χ1v) is 11.0. The molecule has 160 valence electrons. The molecule has 1 amide bonds. The fourth-order valence-corrected chi connectivity index (χ4v) is 4.34. The summed E-state index contributed by atoms with van der Waals surface area (Å²) in [7, 11) is -2.52. The zero-order chi connectivity index (χ0) is 22.3. The summed E-state index contributed by atoms with van der Waals surface area (Å²) in [6.45, 7) is -0.453. The van der Waals surface area contributed by atoms with Gasteiger partial charge in [0.15, 0.2) is 0 Å². The molecular weight excluding hydrogens is 438 g/mol. The summed E-state index contributed by atoms with van der Waals surface area (Å²) >= 11 is 5.92. The second-order valence-corrected chi connectivity index (χ2v) is 8.67. The van der Waals surface area contributed by atoms with Crippen LogP contribution in [0.15, 0.2) is 88.9 Å². The predicted molar refractivity (Wildman–Crippen MR) is 121 cm³/mol. The number of hydrogen-bond acceptors (Lipinski definition) is 5. The van der Waals surface area contributed by atoms with E-state index in [1.807, 2.05) is 0 Å². The van der Waals surface area contributed by atoms with Crippen molar-refractivity contribution in [3.63, 3.8) is 0 Å². The van der Waals surface area contributed by atoms with Gasteiger partial charge in [0.1, 0.15) is 12.3 Å². The van der Waals surface area contributed by atoms with Gasteiger partial charge in [-0.1, -0.05) is 41.9 Å². The molecule has 0 unspecified atom stereocenters. The van der Waals surface area contributed by atoms with Gasteiger partial charge in [0.2, 0.25) is 0 Å². The van der Waals surface area contributed by atoms with Gasteiger partial charge in [0, 0.05) is 5.02 Å². The minimum atomic E-state index is -4.01. The van der Waals surface area contributed by atoms with Crippen molar-refractivity contribution in [2.24, 2.45) is 5.10 Å². The molecule has 3 aromatic rings. The van der Waals surface area contributed by atoms with Crippen molar-refractivity contribution in [1.82, 2.24) is 5.43 Å². The van der Waals surface area contributed by atoms with Crippen LogP contribution in [-0.2, 0) is 14.8 Å². The molecule has 0 saturated carbocycles. The highest BCUT2D eigenvalue weighted by Gasteiger charge is 2.27. The molecule has 0 radical (unpaired) electrons. The number of nitrogens with one attached hydrogen (secondary N) is 1. The molecule has 0 atom stereocenters. The molecule has 3 aromatic carbocycles. The van der Waals surface area contributed by atoms with E-state index in [-0.39, 0.29) is 4.90 Å². The number of nitrogens with zero attached hydrogens (tertiary/aromatic N) is 2. The lowest BCUT2D eigenvalue weighted by Crippen LogP contribution is -2.39. The molecule has 0 bridgehead atoms. The van der Waals surface area contributed by atoms with Crippen LogP contribution >= 0.6 is 11.6 Å². The summed E-state index contributed by atoms with van der Waals surface area (Å²) in [5.74, 6) is -0.0717. The van der Waals surface area contributed by atoms with Crippen LogP contribution in [0.2, 0.25) is 5.02 Å². The normalized spacial score (nSPS) is 11.3. The highest BCUT2D eigenvalue weighted by molar-refractivity contribution is 7.92. The molecule has 0 aliphatic heterocycles. The molecule has 1 N–H and O–H groups in total. The summed E-state index contributed by atoms with van der Waals surface area (Å²) in [5.41, 5.74) is 3.40. The SMILES string of the molecule is COc1ccc(S(=O)(=O)N(CC(=O)N/N=C\c2cccc(Cl)c2)c2ccccc2)cc1. The second kappa shape index (κ2) is 10.1. The van der Waals surface area contributed by atoms with E-state index in [2.05, 4.69) is 10.5 Å². The van der Waals surface area contributed by atoms with E-state index < -0.39 is 22.5 Å². The maximum Gasteiger partial charge on any atom is 0.264 e. The number of para-hydroxylation sites is 1. The Labute approximate surface area is 186 Å². The highest BCUT2D eigenvalue weighted by atomic mass is 35.5. The summed E-state index contributed by atoms with van der Waals surface area (Å²) in [6.07, 6.45) is 1.43. The number of amides is 1. The average molecular weight is 458 g/mol. The lowest BCUT2D eigenvalue weighted by molar-refractivity contribution is -0.119. The molecule has 0 aliphatic rings. The van der Waals surface area contributed by atoms with Crippen molar-refractivity contribution in [2.75, 3.05) is 18.0 Å². The van der Waals surface area contributed by atoms with Gasteiger partial charge in [-0.25, -0.2) is 13.8 Å². The van der Waals surface area contributed by atoms with Crippen molar-refractivity contribution < 1.29 is 17.9 Å². The van der Waals surface area contributed by atoms with Gasteiger partial charge < -0.3 is 4.74 Å². The van der Waals surface area contributed by atoms with Crippen molar-refractivity contribution in [2.45, 2.75) is 4.90 Å². The van der Waals surface area contributed by atoms with Gasteiger partial charge in [-0.15, -0.1) is 0 Å². The van der Waals surface area contributed by atoms with Gasteiger partial charge in [0.05, 0.1) is 23.9 Å². The smallest absolute Gasteiger partial charge is 0.264 e. The highest BCUT2D eigenvalue weighted by Crippen LogP contribution is 2.24. The largest absolute Gasteiger partial charge is 0.497 e. The van der Waals surface area contributed by atoms with Crippen LogP contribution in [-0.4, -0.2) is 34.2 Å². The minimum Gasteiger partial charge on any atom is -0.497 e. The summed E-state index contributed by atoms with van der Waals surface area (Å²) < 4.78 is 32.6. The fourth-order valence-electron chi connectivity index (χ4n) is 2.72. The Hall–Kier alpha value is -3.36. The Morgan fingerprint density at radius 2 is 1.77 bits per heavy atom. The van der Waals surface area contributed by atoms with E-state index in [0.717, 1.165) is 4.31 Å². The van der Waals surface area contributed by atoms with Gasteiger partial charge >= 0.3 is 0 Å². The summed E-state index contributed by atoms with van der Waals surface area (Å²) in [6, 6.07) is 21.3. The van der Waals surface area contributed by atoms with Crippen LogP contribution in [0.25, 0.3) is 0 Å². The lowest BCUT2D eigenvalue weighted by Gasteiger charge is -2.23. The number of methoxy groups -OCH3 is 1. The van der Waals surface area contributed by atoms with Gasteiger partial charge in [-0.3, -0.25) is 9.10 Å². The first kappa shape index (κ1) is 22.3. The predicted octanol–water partition coefficient (Wildman–Crippen LogP) is 3.69. The third-order valence-corrected chi connectivity index (χ3v) is 6.25. The monoisotopic (exact) mass is 457 g/mol. The molecular formula is C22H20ClN3O4S. The first-order valence-electron chi connectivity index (χ1n) is 9.19. The van der Waals surface area contributed by atoms with Crippen molar-refractivity contribution in [1.29, 1.82) is 0 Å². The van der Waals surface area contributed by atoms with E-state index in [4.69, 9.17) is 16.3 Å². The van der Waals surface area contributed by atoms with Crippen molar-refractivity contribution in [3.8, 4) is 5.75 Å². The number of carbonyl (C=O) groups is 1. The summed E-state index contributed by atoms with van der Waals surface area (Å²) in [4.78, 5) is 12.5. The maximum absolute atomic E-state index is 13.3. The Bertz CT molecular complexity index is 1170. The third-order valence-electron chi connectivity index (χ3n) is 4.23. The van der Waals surface area contributed by atoms with Gasteiger partial charge in [-0.2, -0.15) is 5.10 Å². The quantitative estimate of drug-likeness (QED) is 0.412. The van der Waals surface area contributed by atoms with Crippen molar-refractivity contribution in [3.05, 3.63) is 89.4 Å². The summed E-state index contributed by atoms with van der Waals surface area (Å²) in [5, 5.41) is 4.42. The number of hydrazone groups is 1. The second-order valence-electron chi connectivity index (χ2n) is 6.37. The number of benzene rings is 3. The molecule has 0 saturated heterocycles. The van der Waals surface area contributed by atoms with Crippen LogP contribution in [0, 0.1) is 0 Å². The van der Waals surface area contributed by atoms with Crippen LogP contribution in [0.5, 0.6) is 5.75 Å². The number of rotatable bonds is 8. The Morgan fingerprint density at radius 3 is 2.42 bits per heavy atom. The number of anilines is 1. The van der Waals surface area contributed by atoms with Crippen LogP contribution in [0.1, 0.15) is 5.56 Å². The van der Waals surface area contributed by atoms with Crippen molar-refractivity contribution >= 4 is 39.4 Å². The standard InChI is InChI=1S/C22H20ClN3O4S/c1-30-20-10-12-21(13-11-20)31(28,29)26(19-8-3-2-4-9-19)16-22(27)25-24-15-17-6-5-7-18(23)14-17/h2-15H,16H2,1H3,(H,25,27)/b24-15-. The molecule has 0 fully saturated rings. The first-order chi connectivity index (χ1) is 14.9. The number of sulfonamides is 1. The molecule has 0 spiro atoms. The van der Waals surface area contributed by atoms with Crippen LogP contribution in [0.3, 0.4) is 0 Å². The maximum atomic E-state index is 13.3. The lowest BCUT2D eigenvalue weighted by atomic mass is 10.2. The minimum absolute atomic E-state index is 0.0346. The number of hydrogen-bond donors (Lipinski definition) is 1. The molecule has 31 heavy (non-hydrogen) atoms. The number of halogens is 1. The Morgan fingerprint density at radius 1 is 1.06 bits per heavy atom. The Kier molecular flexibility index (Phi) is 7.28. The van der Waals surface area contributed by atoms with E-state index in [9.17, 15) is 13.2 Å². The van der Waals surface area contributed by atoms with E-state index in [1.165, 1.54) is 25.5 Å². The fraction of sp³-hybridized carbons (Fsp3) is 0.0909. The zero-order valence-corrected chi connectivity index (χ0v) is 18.2. The number of carbonyl (C=O) groups excluding carboxylic acids is 1. The third kappa shape index (κ3) is 5.84. The topological polar surface area (TPSA) is 88.1 Å². The average Bonchev–Trinajstić information content (AvgIpc) is 2.78. The molecule has 3 rings (SSSR count). The zero-order valence-electron chi connectivity index (χ0n) is 16.6. The van der Waals surface area contributed by atoms with E-state index in [0.29, 0.717) is 22.0 Å². The molecule has 0 heterocycles.